The number of benzene rings is 1. The van der Waals surface area contributed by atoms with E-state index in [1.807, 2.05) is 27.7 Å². The van der Waals surface area contributed by atoms with Crippen molar-refractivity contribution in [1.82, 2.24) is 16.0 Å². The molecule has 1 aromatic rings. The van der Waals surface area contributed by atoms with Crippen molar-refractivity contribution in [2.75, 3.05) is 0 Å². The molecule has 0 aliphatic carbocycles. The van der Waals surface area contributed by atoms with E-state index in [4.69, 9.17) is 5.73 Å². The predicted molar refractivity (Wildman–Crippen MR) is 134 cm³/mol. The molecular weight excluding hydrogens is 468 g/mol. The largest absolute Gasteiger partial charge is 0.508 e. The number of carboxylic acids is 1. The van der Waals surface area contributed by atoms with Gasteiger partial charge in [-0.2, -0.15) is 0 Å². The van der Waals surface area contributed by atoms with E-state index in [2.05, 4.69) is 16.0 Å². The number of rotatable bonds is 14. The summed E-state index contributed by atoms with van der Waals surface area (Å²) < 4.78 is 0. The minimum Gasteiger partial charge on any atom is -0.508 e. The van der Waals surface area contributed by atoms with E-state index in [0.717, 1.165) is 0 Å². The van der Waals surface area contributed by atoms with Gasteiger partial charge in [-0.3, -0.25) is 14.4 Å². The number of hydrogen-bond acceptors (Lipinski definition) is 7. The van der Waals surface area contributed by atoms with Gasteiger partial charge in [-0.15, -0.1) is 0 Å². The van der Waals surface area contributed by atoms with Crippen LogP contribution in [0.4, 0.5) is 0 Å². The Kier molecular flexibility index (Phi) is 12.3. The summed E-state index contributed by atoms with van der Waals surface area (Å²) >= 11 is 0. The van der Waals surface area contributed by atoms with Gasteiger partial charge in [-0.25, -0.2) is 4.79 Å². The van der Waals surface area contributed by atoms with E-state index < -0.39 is 54.0 Å². The molecule has 0 aliphatic heterocycles. The molecule has 0 aliphatic rings. The first-order chi connectivity index (χ1) is 16.7. The minimum atomic E-state index is -1.46. The number of nitrogens with two attached hydrogens (primary N) is 1. The quantitative estimate of drug-likeness (QED) is 0.186. The summed E-state index contributed by atoms with van der Waals surface area (Å²) in [4.78, 5) is 50.2. The number of aromatic hydroxyl groups is 1. The Morgan fingerprint density at radius 3 is 1.81 bits per heavy atom. The highest BCUT2D eigenvalue weighted by Gasteiger charge is 2.33. The zero-order valence-corrected chi connectivity index (χ0v) is 21.5. The van der Waals surface area contributed by atoms with Crippen LogP contribution in [0, 0.1) is 11.8 Å². The van der Waals surface area contributed by atoms with Crippen LogP contribution < -0.4 is 21.7 Å². The molecule has 0 radical (unpaired) electrons. The molecule has 0 aromatic heterocycles. The van der Waals surface area contributed by atoms with Crippen LogP contribution >= 0.6 is 0 Å². The lowest BCUT2D eigenvalue weighted by molar-refractivity contribution is -0.143. The SMILES string of the molecule is CC(C)CC(N)C(=O)NC(CC(C)C)C(=O)NC(C(=O)NC(Cc1ccc(O)cc1)C(=O)O)C(C)O. The van der Waals surface area contributed by atoms with Gasteiger partial charge in [0.25, 0.3) is 0 Å². The van der Waals surface area contributed by atoms with Gasteiger partial charge in [0.05, 0.1) is 12.1 Å². The molecule has 1 aromatic carbocycles. The molecule has 5 atom stereocenters. The number of aliphatic hydroxyl groups is 1. The topological polar surface area (TPSA) is 191 Å². The van der Waals surface area contributed by atoms with Gasteiger partial charge in [0, 0.05) is 6.42 Å². The van der Waals surface area contributed by atoms with Crippen molar-refractivity contribution in [3.05, 3.63) is 29.8 Å². The molecule has 8 N–H and O–H groups in total. The number of nitrogens with one attached hydrogen (secondary N) is 3. The molecule has 36 heavy (non-hydrogen) atoms. The summed E-state index contributed by atoms with van der Waals surface area (Å²) in [5, 5.41) is 36.6. The number of aliphatic carboxylic acids is 1. The Morgan fingerprint density at radius 1 is 0.806 bits per heavy atom. The maximum Gasteiger partial charge on any atom is 0.326 e. The van der Waals surface area contributed by atoms with Crippen molar-refractivity contribution in [2.24, 2.45) is 17.6 Å². The molecule has 11 heteroatoms. The molecule has 11 nitrogen and oxygen atoms in total. The number of phenols is 1. The summed E-state index contributed by atoms with van der Waals surface area (Å²) in [6.45, 7) is 8.85. The van der Waals surface area contributed by atoms with E-state index in [-0.39, 0.29) is 30.4 Å². The molecule has 5 unspecified atom stereocenters. The number of carboxylic acid groups (broad SMARTS) is 1. The number of aliphatic hydroxyl groups excluding tert-OH is 1. The summed E-state index contributed by atoms with van der Waals surface area (Å²) in [5.41, 5.74) is 6.48. The van der Waals surface area contributed by atoms with Gasteiger partial charge in [0.1, 0.15) is 23.9 Å². The fraction of sp³-hybridized carbons (Fsp3) is 0.600. The second-order valence-electron chi connectivity index (χ2n) is 9.92. The summed E-state index contributed by atoms with van der Waals surface area (Å²) in [7, 11) is 0. The van der Waals surface area contributed by atoms with Crippen LogP contribution in [0.5, 0.6) is 5.75 Å². The van der Waals surface area contributed by atoms with Gasteiger partial charge in [0.15, 0.2) is 0 Å². The Morgan fingerprint density at radius 2 is 1.33 bits per heavy atom. The summed E-state index contributed by atoms with van der Waals surface area (Å²) in [6.07, 6.45) is -0.742. The molecule has 0 bridgehead atoms. The van der Waals surface area contributed by atoms with Crippen LogP contribution in [0.1, 0.15) is 53.0 Å². The van der Waals surface area contributed by atoms with Crippen LogP contribution in [0.25, 0.3) is 0 Å². The van der Waals surface area contributed by atoms with Crippen molar-refractivity contribution < 1.29 is 34.5 Å². The van der Waals surface area contributed by atoms with Gasteiger partial charge < -0.3 is 37.0 Å². The number of hydrogen-bond donors (Lipinski definition) is 7. The lowest BCUT2D eigenvalue weighted by Gasteiger charge is -2.27. The van der Waals surface area contributed by atoms with E-state index >= 15 is 0 Å². The Labute approximate surface area is 211 Å². The summed E-state index contributed by atoms with van der Waals surface area (Å²) in [5.74, 6) is -3.19. The van der Waals surface area contributed by atoms with Crippen LogP contribution in [-0.4, -0.2) is 69.3 Å². The lowest BCUT2D eigenvalue weighted by atomic mass is 10.00. The second kappa shape index (κ2) is 14.4. The van der Waals surface area contributed by atoms with Crippen LogP contribution in [-0.2, 0) is 25.6 Å². The Bertz CT molecular complexity index is 887. The average Bonchev–Trinajstić information content (AvgIpc) is 2.76. The standard InChI is InChI=1S/C25H40N4O7/c1-13(2)10-18(26)22(32)27-19(11-14(3)4)23(33)29-21(15(5)30)24(34)28-20(25(35)36)12-16-6-8-17(31)9-7-16/h6-9,13-15,18-21,30-31H,10-12,26H2,1-5H3,(H,27,32)(H,28,34)(H,29,33)(H,35,36). The number of phenolic OH excluding ortho intramolecular Hbond substituents is 1. The number of carbonyl (C=O) groups is 4. The monoisotopic (exact) mass is 508 g/mol. The third kappa shape index (κ3) is 10.6. The molecule has 202 valence electrons. The fourth-order valence-corrected chi connectivity index (χ4v) is 3.58. The number of carbonyl (C=O) groups excluding carboxylic acids is 3. The van der Waals surface area contributed by atoms with Crippen molar-refractivity contribution >= 4 is 23.7 Å². The molecule has 3 amide bonds. The fourth-order valence-electron chi connectivity index (χ4n) is 3.58. The normalized spacial score (nSPS) is 15.5. The van der Waals surface area contributed by atoms with E-state index in [1.54, 1.807) is 0 Å². The third-order valence-electron chi connectivity index (χ3n) is 5.46. The van der Waals surface area contributed by atoms with Crippen LogP contribution in [0.2, 0.25) is 0 Å². The molecule has 0 fully saturated rings. The predicted octanol–water partition coefficient (Wildman–Crippen LogP) is 0.274. The average molecular weight is 509 g/mol. The maximum atomic E-state index is 13.0. The Hall–Kier alpha value is -3.18. The third-order valence-corrected chi connectivity index (χ3v) is 5.46. The zero-order valence-electron chi connectivity index (χ0n) is 21.5. The van der Waals surface area contributed by atoms with Crippen LogP contribution in [0.3, 0.4) is 0 Å². The summed E-state index contributed by atoms with van der Waals surface area (Å²) in [6, 6.07) is 1.21. The van der Waals surface area contributed by atoms with E-state index in [1.165, 1.54) is 31.2 Å². The van der Waals surface area contributed by atoms with Gasteiger partial charge in [-0.1, -0.05) is 39.8 Å². The van der Waals surface area contributed by atoms with Crippen LogP contribution in [0.15, 0.2) is 24.3 Å². The molecular formula is C25H40N4O7. The molecule has 0 saturated heterocycles. The van der Waals surface area contributed by atoms with E-state index in [0.29, 0.717) is 12.0 Å². The highest BCUT2D eigenvalue weighted by Crippen LogP contribution is 2.12. The van der Waals surface area contributed by atoms with E-state index in [9.17, 15) is 34.5 Å². The maximum absolute atomic E-state index is 13.0. The molecule has 0 saturated carbocycles. The van der Waals surface area contributed by atoms with Crippen molar-refractivity contribution in [3.8, 4) is 5.75 Å². The lowest BCUT2D eigenvalue weighted by Crippen LogP contribution is -2.60. The van der Waals surface area contributed by atoms with Gasteiger partial charge in [0.2, 0.25) is 17.7 Å². The second-order valence-corrected chi connectivity index (χ2v) is 9.92. The van der Waals surface area contributed by atoms with Crippen molar-refractivity contribution in [2.45, 2.75) is 84.2 Å². The Balaban J connectivity index is 2.97. The number of amides is 3. The highest BCUT2D eigenvalue weighted by atomic mass is 16.4. The van der Waals surface area contributed by atoms with Gasteiger partial charge in [-0.05, 0) is 49.3 Å². The molecule has 0 heterocycles. The smallest absolute Gasteiger partial charge is 0.326 e. The zero-order chi connectivity index (χ0) is 27.6. The van der Waals surface area contributed by atoms with Crippen molar-refractivity contribution in [3.63, 3.8) is 0 Å². The van der Waals surface area contributed by atoms with Crippen molar-refractivity contribution in [1.29, 1.82) is 0 Å². The highest BCUT2D eigenvalue weighted by molar-refractivity contribution is 5.94. The molecule has 1 rings (SSSR count). The van der Waals surface area contributed by atoms with Gasteiger partial charge >= 0.3 is 5.97 Å². The minimum absolute atomic E-state index is 0.0137. The first-order valence-electron chi connectivity index (χ1n) is 12.1. The molecule has 0 spiro atoms. The first-order valence-corrected chi connectivity index (χ1v) is 12.1. The first kappa shape index (κ1) is 30.9.